The third-order valence-electron chi connectivity index (χ3n) is 4.17. The molecule has 0 aromatic heterocycles. The van der Waals surface area contributed by atoms with Crippen molar-refractivity contribution >= 4 is 11.7 Å². The molecular weight excluding hydrogens is 228 g/mol. The zero-order chi connectivity index (χ0) is 12.8. The van der Waals surface area contributed by atoms with Gasteiger partial charge in [0.1, 0.15) is 6.10 Å². The highest BCUT2D eigenvalue weighted by Crippen LogP contribution is 2.45. The minimum Gasteiger partial charge on any atom is -0.426 e. The van der Waals surface area contributed by atoms with Gasteiger partial charge in [0.2, 0.25) is 0 Å². The van der Waals surface area contributed by atoms with Gasteiger partial charge in [-0.2, -0.15) is 0 Å². The van der Waals surface area contributed by atoms with Crippen LogP contribution in [0.25, 0.3) is 5.57 Å². The van der Waals surface area contributed by atoms with Gasteiger partial charge in [-0.1, -0.05) is 43.3 Å². The highest BCUT2D eigenvalue weighted by molar-refractivity contribution is 5.72. The Morgan fingerprint density at radius 3 is 2.72 bits per heavy atom. The molecule has 1 fully saturated rings. The van der Waals surface area contributed by atoms with Gasteiger partial charge >= 0.3 is 6.16 Å². The second kappa shape index (κ2) is 3.87. The van der Waals surface area contributed by atoms with Gasteiger partial charge in [0.25, 0.3) is 0 Å². The predicted octanol–water partition coefficient (Wildman–Crippen LogP) is 3.40. The average Bonchev–Trinajstić information content (AvgIpc) is 2.67. The largest absolute Gasteiger partial charge is 0.509 e. The number of carbonyl (C=O) groups excluding carboxylic acids is 1. The van der Waals surface area contributed by atoms with E-state index in [1.807, 2.05) is 25.1 Å². The summed E-state index contributed by atoms with van der Waals surface area (Å²) in [7, 11) is 0. The summed E-state index contributed by atoms with van der Waals surface area (Å²) in [6.45, 7) is 4.05. The van der Waals surface area contributed by atoms with Crippen molar-refractivity contribution in [3.8, 4) is 0 Å². The number of carbonyl (C=O) groups is 1. The molecule has 1 saturated heterocycles. The Hall–Kier alpha value is -1.77. The van der Waals surface area contributed by atoms with E-state index in [1.165, 1.54) is 11.1 Å². The Labute approximate surface area is 106 Å². The van der Waals surface area contributed by atoms with E-state index in [9.17, 15) is 4.79 Å². The number of hydrogen-bond acceptors (Lipinski definition) is 3. The normalized spacial score (nSPS) is 34.3. The number of rotatable bonds is 1. The molecule has 0 saturated carbocycles. The quantitative estimate of drug-likeness (QED) is 0.710. The highest BCUT2D eigenvalue weighted by atomic mass is 16.8. The lowest BCUT2D eigenvalue weighted by atomic mass is 9.73. The molecule has 3 atom stereocenters. The summed E-state index contributed by atoms with van der Waals surface area (Å²) >= 11 is 0. The summed E-state index contributed by atoms with van der Waals surface area (Å²) in [6.07, 6.45) is 2.18. The standard InChI is InChI=1S/C15H16O3/c1-10-12(11-6-4-3-5-7-11)8-9-13-15(10,2)18-14(16)17-13/h3-8,10,13H,9H2,1-2H3/t10-,13-,15+/m1/s1. The lowest BCUT2D eigenvalue weighted by Gasteiger charge is -2.37. The van der Waals surface area contributed by atoms with Crippen LogP contribution in [-0.4, -0.2) is 17.9 Å². The first kappa shape index (κ1) is 11.3. The molecule has 1 heterocycles. The maximum absolute atomic E-state index is 11.3. The van der Waals surface area contributed by atoms with Crippen molar-refractivity contribution in [2.24, 2.45) is 5.92 Å². The van der Waals surface area contributed by atoms with Crippen LogP contribution in [-0.2, 0) is 9.47 Å². The van der Waals surface area contributed by atoms with Crippen molar-refractivity contribution in [3.05, 3.63) is 42.0 Å². The fourth-order valence-corrected chi connectivity index (χ4v) is 2.87. The third kappa shape index (κ3) is 1.54. The maximum atomic E-state index is 11.3. The van der Waals surface area contributed by atoms with E-state index >= 15 is 0 Å². The Morgan fingerprint density at radius 1 is 1.28 bits per heavy atom. The number of hydrogen-bond donors (Lipinski definition) is 0. The van der Waals surface area contributed by atoms with E-state index in [2.05, 4.69) is 25.1 Å². The van der Waals surface area contributed by atoms with Crippen LogP contribution >= 0.6 is 0 Å². The molecule has 0 unspecified atom stereocenters. The first-order valence-corrected chi connectivity index (χ1v) is 6.26. The minimum absolute atomic E-state index is 0.130. The fourth-order valence-electron chi connectivity index (χ4n) is 2.87. The van der Waals surface area contributed by atoms with Gasteiger partial charge < -0.3 is 9.47 Å². The second-order valence-electron chi connectivity index (χ2n) is 5.13. The van der Waals surface area contributed by atoms with Gasteiger partial charge in [-0.25, -0.2) is 4.79 Å². The van der Waals surface area contributed by atoms with Crippen LogP contribution in [0.1, 0.15) is 25.8 Å². The van der Waals surface area contributed by atoms with Crippen LogP contribution < -0.4 is 0 Å². The van der Waals surface area contributed by atoms with Crippen molar-refractivity contribution in [1.29, 1.82) is 0 Å². The molecule has 0 spiro atoms. The van der Waals surface area contributed by atoms with E-state index in [1.54, 1.807) is 0 Å². The topological polar surface area (TPSA) is 35.5 Å². The summed E-state index contributed by atoms with van der Waals surface area (Å²) in [6, 6.07) is 10.2. The predicted molar refractivity (Wildman–Crippen MR) is 68.0 cm³/mol. The molecule has 0 radical (unpaired) electrons. The van der Waals surface area contributed by atoms with Gasteiger partial charge in [0.15, 0.2) is 5.60 Å². The van der Waals surface area contributed by atoms with E-state index < -0.39 is 11.8 Å². The van der Waals surface area contributed by atoms with Crippen molar-refractivity contribution in [1.82, 2.24) is 0 Å². The van der Waals surface area contributed by atoms with E-state index in [-0.39, 0.29) is 12.0 Å². The van der Waals surface area contributed by atoms with Crippen molar-refractivity contribution < 1.29 is 14.3 Å². The molecule has 0 bridgehead atoms. The monoisotopic (exact) mass is 244 g/mol. The Balaban J connectivity index is 1.98. The summed E-state index contributed by atoms with van der Waals surface area (Å²) < 4.78 is 10.6. The Kier molecular flexibility index (Phi) is 2.44. The molecule has 3 rings (SSSR count). The van der Waals surface area contributed by atoms with Crippen LogP contribution in [0.15, 0.2) is 36.4 Å². The van der Waals surface area contributed by atoms with E-state index in [0.717, 1.165) is 6.42 Å². The second-order valence-corrected chi connectivity index (χ2v) is 5.13. The number of ether oxygens (including phenoxy) is 2. The van der Waals surface area contributed by atoms with E-state index in [0.29, 0.717) is 0 Å². The molecule has 1 aliphatic heterocycles. The molecule has 94 valence electrons. The molecule has 1 aliphatic carbocycles. The van der Waals surface area contributed by atoms with Crippen molar-refractivity contribution in [2.45, 2.75) is 32.0 Å². The van der Waals surface area contributed by atoms with Gasteiger partial charge in [-0.15, -0.1) is 0 Å². The van der Waals surface area contributed by atoms with Crippen LogP contribution in [0.2, 0.25) is 0 Å². The van der Waals surface area contributed by atoms with Crippen LogP contribution in [0.4, 0.5) is 4.79 Å². The van der Waals surface area contributed by atoms with Crippen LogP contribution in [0.5, 0.6) is 0 Å². The minimum atomic E-state index is -0.545. The number of benzene rings is 1. The zero-order valence-electron chi connectivity index (χ0n) is 10.6. The third-order valence-corrected chi connectivity index (χ3v) is 4.17. The van der Waals surface area contributed by atoms with Crippen molar-refractivity contribution in [2.75, 3.05) is 0 Å². The van der Waals surface area contributed by atoms with Gasteiger partial charge in [-0.05, 0) is 18.1 Å². The van der Waals surface area contributed by atoms with Crippen LogP contribution in [0.3, 0.4) is 0 Å². The average molecular weight is 244 g/mol. The fraction of sp³-hybridized carbons (Fsp3) is 0.400. The lowest BCUT2D eigenvalue weighted by molar-refractivity contribution is 0.0137. The molecule has 0 N–H and O–H groups in total. The molecule has 2 aliphatic rings. The van der Waals surface area contributed by atoms with E-state index in [4.69, 9.17) is 9.47 Å². The lowest BCUT2D eigenvalue weighted by Crippen LogP contribution is -2.45. The van der Waals surface area contributed by atoms with Gasteiger partial charge in [0.05, 0.1) is 0 Å². The summed E-state index contributed by atoms with van der Waals surface area (Å²) in [4.78, 5) is 11.3. The molecular formula is C15H16O3. The summed E-state index contributed by atoms with van der Waals surface area (Å²) in [5.74, 6) is 0.130. The molecule has 18 heavy (non-hydrogen) atoms. The van der Waals surface area contributed by atoms with Gasteiger partial charge in [0, 0.05) is 12.3 Å². The first-order chi connectivity index (χ1) is 8.61. The first-order valence-electron chi connectivity index (χ1n) is 6.26. The highest BCUT2D eigenvalue weighted by Gasteiger charge is 2.53. The van der Waals surface area contributed by atoms with Crippen molar-refractivity contribution in [3.63, 3.8) is 0 Å². The molecule has 0 amide bonds. The Bertz CT molecular complexity index is 506. The molecule has 1 aromatic carbocycles. The molecule has 1 aromatic rings. The molecule has 3 heteroatoms. The number of fused-ring (bicyclic) bond motifs is 1. The maximum Gasteiger partial charge on any atom is 0.509 e. The van der Waals surface area contributed by atoms with Crippen LogP contribution in [0, 0.1) is 5.92 Å². The summed E-state index contributed by atoms with van der Waals surface area (Å²) in [5.41, 5.74) is 1.87. The van der Waals surface area contributed by atoms with Gasteiger partial charge in [-0.3, -0.25) is 0 Å². The Morgan fingerprint density at radius 2 is 2.00 bits per heavy atom. The SMILES string of the molecule is C[C@@H]1C(c2ccccc2)=CC[C@H]2OC(=O)O[C@@]12C. The zero-order valence-corrected chi connectivity index (χ0v) is 10.6. The molecule has 3 nitrogen and oxygen atoms in total. The summed E-state index contributed by atoms with van der Waals surface area (Å²) in [5, 5.41) is 0. The smallest absolute Gasteiger partial charge is 0.426 e.